The van der Waals surface area contributed by atoms with Crippen LogP contribution in [0.2, 0.25) is 0 Å². The number of nitrogens with zero attached hydrogens (tertiary/aromatic N) is 2. The van der Waals surface area contributed by atoms with E-state index in [0.717, 1.165) is 12.1 Å². The monoisotopic (exact) mass is 447 g/mol. The van der Waals surface area contributed by atoms with Crippen LogP contribution < -0.4 is 10.1 Å². The number of hydrogen-bond acceptors (Lipinski definition) is 5. The number of aliphatic hydroxyl groups excluding tert-OH is 1. The first-order valence-electron chi connectivity index (χ1n) is 10.3. The van der Waals surface area contributed by atoms with Crippen LogP contribution in [0, 0.1) is 24.5 Å². The van der Waals surface area contributed by atoms with Gasteiger partial charge in [-0.3, -0.25) is 9.20 Å². The van der Waals surface area contributed by atoms with Crippen molar-refractivity contribution >= 4 is 11.6 Å². The number of aromatic nitrogens is 2. The summed E-state index contributed by atoms with van der Waals surface area (Å²) in [4.78, 5) is 17.3. The largest absolute Gasteiger partial charge is 0.485 e. The second-order valence-corrected chi connectivity index (χ2v) is 7.89. The standard InChI is InChI=1S/C23H27F2N3O4/c1-14(2)11-31-12-16(10-29)27-23(30)21-15(3)26-22-20(8-5-9-28(21)22)32-13-17-18(24)6-4-7-19(17)25/h4-9,14,16,29H,10-13H2,1-3H3,(H,27,30). The van der Waals surface area contributed by atoms with E-state index >= 15 is 0 Å². The second-order valence-electron chi connectivity index (χ2n) is 7.89. The number of imidazole rings is 1. The highest BCUT2D eigenvalue weighted by atomic mass is 19.1. The minimum absolute atomic E-state index is 0.179. The molecule has 0 saturated carbocycles. The van der Waals surface area contributed by atoms with E-state index in [1.54, 1.807) is 29.7 Å². The van der Waals surface area contributed by atoms with Crippen molar-refractivity contribution in [1.82, 2.24) is 14.7 Å². The lowest BCUT2D eigenvalue weighted by atomic mass is 10.2. The van der Waals surface area contributed by atoms with Crippen molar-refractivity contribution in [3.8, 4) is 5.75 Å². The number of ether oxygens (including phenoxy) is 2. The summed E-state index contributed by atoms with van der Waals surface area (Å²) in [5.74, 6) is -1.23. The molecule has 3 aromatic rings. The molecule has 32 heavy (non-hydrogen) atoms. The maximum absolute atomic E-state index is 13.9. The molecule has 0 aliphatic heterocycles. The summed E-state index contributed by atoms with van der Waals surface area (Å²) >= 11 is 0. The lowest BCUT2D eigenvalue weighted by Gasteiger charge is -2.17. The van der Waals surface area contributed by atoms with Gasteiger partial charge in [0.05, 0.1) is 30.5 Å². The lowest BCUT2D eigenvalue weighted by Crippen LogP contribution is -2.41. The Hall–Kier alpha value is -3.04. The number of fused-ring (bicyclic) bond motifs is 1. The van der Waals surface area contributed by atoms with Crippen LogP contribution in [0.25, 0.3) is 5.65 Å². The average molecular weight is 447 g/mol. The van der Waals surface area contributed by atoms with Gasteiger partial charge in [0.1, 0.15) is 23.9 Å². The van der Waals surface area contributed by atoms with Gasteiger partial charge in [-0.25, -0.2) is 13.8 Å². The van der Waals surface area contributed by atoms with Gasteiger partial charge in [0.2, 0.25) is 0 Å². The van der Waals surface area contributed by atoms with Gasteiger partial charge in [0.15, 0.2) is 11.4 Å². The average Bonchev–Trinajstić information content (AvgIpc) is 3.09. The van der Waals surface area contributed by atoms with Crippen LogP contribution in [-0.2, 0) is 11.3 Å². The Balaban J connectivity index is 1.79. The normalized spacial score (nSPS) is 12.3. The SMILES string of the molecule is Cc1nc2c(OCc3c(F)cccc3F)cccn2c1C(=O)NC(CO)COCC(C)C. The molecule has 2 aromatic heterocycles. The van der Waals surface area contributed by atoms with Gasteiger partial charge in [0, 0.05) is 12.8 Å². The summed E-state index contributed by atoms with van der Waals surface area (Å²) in [6.07, 6.45) is 1.64. The summed E-state index contributed by atoms with van der Waals surface area (Å²) in [7, 11) is 0. The van der Waals surface area contributed by atoms with Crippen LogP contribution in [0.15, 0.2) is 36.5 Å². The molecule has 0 aliphatic rings. The van der Waals surface area contributed by atoms with Gasteiger partial charge < -0.3 is 19.9 Å². The van der Waals surface area contributed by atoms with E-state index in [2.05, 4.69) is 10.3 Å². The molecule has 0 saturated heterocycles. The third-order valence-corrected chi connectivity index (χ3v) is 4.76. The molecule has 3 rings (SSSR count). The molecule has 172 valence electrons. The highest BCUT2D eigenvalue weighted by Crippen LogP contribution is 2.24. The molecule has 7 nitrogen and oxygen atoms in total. The molecule has 1 aromatic carbocycles. The van der Waals surface area contributed by atoms with Crippen LogP contribution in [0.5, 0.6) is 5.75 Å². The lowest BCUT2D eigenvalue weighted by molar-refractivity contribution is 0.0638. The number of aliphatic hydroxyl groups is 1. The molecular weight excluding hydrogens is 420 g/mol. The maximum Gasteiger partial charge on any atom is 0.270 e. The van der Waals surface area contributed by atoms with Gasteiger partial charge in [-0.1, -0.05) is 19.9 Å². The third kappa shape index (κ3) is 5.41. The van der Waals surface area contributed by atoms with Gasteiger partial charge in [-0.05, 0) is 37.1 Å². The Labute approximate surface area is 185 Å². The maximum atomic E-state index is 13.9. The third-order valence-electron chi connectivity index (χ3n) is 4.76. The first-order chi connectivity index (χ1) is 15.3. The number of nitrogens with one attached hydrogen (secondary N) is 1. The molecule has 0 bridgehead atoms. The van der Waals surface area contributed by atoms with Crippen molar-refractivity contribution in [2.24, 2.45) is 5.92 Å². The molecule has 9 heteroatoms. The van der Waals surface area contributed by atoms with Crippen LogP contribution >= 0.6 is 0 Å². The van der Waals surface area contributed by atoms with Crippen molar-refractivity contribution < 1.29 is 28.2 Å². The summed E-state index contributed by atoms with van der Waals surface area (Å²) in [5, 5.41) is 12.3. The number of pyridine rings is 1. The number of hydrogen-bond donors (Lipinski definition) is 2. The van der Waals surface area contributed by atoms with E-state index in [4.69, 9.17) is 9.47 Å². The number of aryl methyl sites for hydroxylation is 1. The fourth-order valence-corrected chi connectivity index (χ4v) is 3.20. The molecule has 2 heterocycles. The predicted octanol–water partition coefficient (Wildman–Crippen LogP) is 3.26. The van der Waals surface area contributed by atoms with Gasteiger partial charge in [0.25, 0.3) is 5.91 Å². The minimum Gasteiger partial charge on any atom is -0.485 e. The van der Waals surface area contributed by atoms with E-state index < -0.39 is 23.6 Å². The fraction of sp³-hybridized carbons (Fsp3) is 0.391. The van der Waals surface area contributed by atoms with Gasteiger partial charge >= 0.3 is 0 Å². The van der Waals surface area contributed by atoms with Crippen LogP contribution in [0.1, 0.15) is 35.6 Å². The Morgan fingerprint density at radius 3 is 2.56 bits per heavy atom. The molecule has 2 N–H and O–H groups in total. The minimum atomic E-state index is -0.703. The van der Waals surface area contributed by atoms with Crippen molar-refractivity contribution in [2.75, 3.05) is 19.8 Å². The highest BCUT2D eigenvalue weighted by molar-refractivity contribution is 5.95. The highest BCUT2D eigenvalue weighted by Gasteiger charge is 2.22. The smallest absolute Gasteiger partial charge is 0.270 e. The van der Waals surface area contributed by atoms with E-state index in [-0.39, 0.29) is 36.8 Å². The van der Waals surface area contributed by atoms with Crippen LogP contribution in [-0.4, -0.2) is 46.3 Å². The zero-order valence-corrected chi connectivity index (χ0v) is 18.3. The zero-order valence-electron chi connectivity index (χ0n) is 18.3. The topological polar surface area (TPSA) is 85.1 Å². The van der Waals surface area contributed by atoms with E-state index in [1.807, 2.05) is 13.8 Å². The first kappa shape index (κ1) is 23.6. The Morgan fingerprint density at radius 2 is 1.91 bits per heavy atom. The number of benzene rings is 1. The predicted molar refractivity (Wildman–Crippen MR) is 115 cm³/mol. The van der Waals surface area contributed by atoms with E-state index in [9.17, 15) is 18.7 Å². The van der Waals surface area contributed by atoms with E-state index in [0.29, 0.717) is 23.9 Å². The second kappa shape index (κ2) is 10.5. The van der Waals surface area contributed by atoms with Crippen LogP contribution in [0.4, 0.5) is 8.78 Å². The summed E-state index contributed by atoms with van der Waals surface area (Å²) in [5.41, 5.74) is 0.853. The van der Waals surface area contributed by atoms with Crippen molar-refractivity contribution in [2.45, 2.75) is 33.4 Å². The van der Waals surface area contributed by atoms with Crippen molar-refractivity contribution in [3.05, 3.63) is 65.1 Å². The van der Waals surface area contributed by atoms with Gasteiger partial charge in [-0.2, -0.15) is 0 Å². The molecule has 1 atom stereocenters. The number of rotatable bonds is 10. The first-order valence-corrected chi connectivity index (χ1v) is 10.3. The Morgan fingerprint density at radius 1 is 1.19 bits per heavy atom. The van der Waals surface area contributed by atoms with Gasteiger partial charge in [-0.15, -0.1) is 0 Å². The number of carbonyl (C=O) groups excluding carboxylic acids is 1. The van der Waals surface area contributed by atoms with E-state index in [1.165, 1.54) is 6.07 Å². The van der Waals surface area contributed by atoms with Crippen molar-refractivity contribution in [3.63, 3.8) is 0 Å². The zero-order chi connectivity index (χ0) is 23.3. The molecular formula is C23H27F2N3O4. The molecule has 0 aliphatic carbocycles. The molecule has 1 amide bonds. The van der Waals surface area contributed by atoms with Crippen LogP contribution in [0.3, 0.4) is 0 Å². The summed E-state index contributed by atoms with van der Waals surface area (Å²) in [6.45, 7) is 5.78. The quantitative estimate of drug-likeness (QED) is 0.498. The number of amides is 1. The molecule has 0 fully saturated rings. The Bertz CT molecular complexity index is 1060. The molecule has 0 radical (unpaired) electrons. The number of halogens is 2. The molecule has 0 spiro atoms. The fourth-order valence-electron chi connectivity index (χ4n) is 3.20. The molecule has 1 unspecified atom stereocenters. The summed E-state index contributed by atoms with van der Waals surface area (Å²) in [6, 6.07) is 6.28. The van der Waals surface area contributed by atoms with Crippen molar-refractivity contribution in [1.29, 1.82) is 0 Å². The Kier molecular flexibility index (Phi) is 7.76. The summed E-state index contributed by atoms with van der Waals surface area (Å²) < 4.78 is 40.5. The number of carbonyl (C=O) groups is 1.